The van der Waals surface area contributed by atoms with E-state index in [1.807, 2.05) is 6.26 Å². The Kier molecular flexibility index (Phi) is 7.41. The van der Waals surface area contributed by atoms with Gasteiger partial charge < -0.3 is 15.2 Å². The average molecular weight is 297 g/mol. The summed E-state index contributed by atoms with van der Waals surface area (Å²) in [6, 6.07) is 6.46. The van der Waals surface area contributed by atoms with Gasteiger partial charge in [-0.3, -0.25) is 0 Å². The van der Waals surface area contributed by atoms with Crippen LogP contribution in [0, 0.1) is 5.92 Å². The van der Waals surface area contributed by atoms with Crippen molar-refractivity contribution >= 4 is 11.8 Å². The second-order valence-corrected chi connectivity index (χ2v) is 6.38. The number of hydrogen-bond donors (Lipinski definition) is 2. The van der Waals surface area contributed by atoms with Crippen molar-refractivity contribution in [2.24, 2.45) is 5.92 Å². The largest absolute Gasteiger partial charge is 0.496 e. The Morgan fingerprint density at radius 1 is 1.30 bits per heavy atom. The Morgan fingerprint density at radius 3 is 2.55 bits per heavy atom. The molecule has 0 saturated carbocycles. The van der Waals surface area contributed by atoms with Crippen LogP contribution in [0.2, 0.25) is 0 Å². The Bertz CT molecular complexity index is 409. The molecule has 2 atom stereocenters. The molecule has 20 heavy (non-hydrogen) atoms. The number of methoxy groups -OCH3 is 1. The molecule has 114 valence electrons. The van der Waals surface area contributed by atoms with E-state index in [1.165, 1.54) is 5.56 Å². The normalized spacial score (nSPS) is 14.3. The monoisotopic (exact) mass is 297 g/mol. The summed E-state index contributed by atoms with van der Waals surface area (Å²) in [4.78, 5) is 1.14. The summed E-state index contributed by atoms with van der Waals surface area (Å²) in [6.07, 6.45) is 2.58. The van der Waals surface area contributed by atoms with Crippen molar-refractivity contribution in [3.63, 3.8) is 0 Å². The lowest BCUT2D eigenvalue weighted by molar-refractivity contribution is 0.143. The summed E-state index contributed by atoms with van der Waals surface area (Å²) >= 11 is 1.68. The fraction of sp³-hybridized carbons (Fsp3) is 0.625. The lowest BCUT2D eigenvalue weighted by atomic mass is 10.0. The first-order valence-electron chi connectivity index (χ1n) is 7.11. The van der Waals surface area contributed by atoms with E-state index in [2.05, 4.69) is 44.3 Å². The molecular formula is C16H27NO2S. The first-order chi connectivity index (χ1) is 9.47. The van der Waals surface area contributed by atoms with Gasteiger partial charge in [-0.25, -0.2) is 0 Å². The van der Waals surface area contributed by atoms with Gasteiger partial charge >= 0.3 is 0 Å². The van der Waals surface area contributed by atoms with Crippen molar-refractivity contribution in [2.75, 3.05) is 19.9 Å². The molecule has 0 radical (unpaired) electrons. The fourth-order valence-corrected chi connectivity index (χ4v) is 2.73. The van der Waals surface area contributed by atoms with Gasteiger partial charge in [0.2, 0.25) is 0 Å². The predicted molar refractivity (Wildman–Crippen MR) is 86.7 cm³/mol. The standard InChI is InChI=1S/C16H27NO2S/c1-11(2)8-14(18)10-17-12(3)13-6-7-16(20-5)15(9-13)19-4/h6-7,9,11-12,14,17-18H,8,10H2,1-5H3. The van der Waals surface area contributed by atoms with Crippen molar-refractivity contribution in [1.82, 2.24) is 5.32 Å². The predicted octanol–water partition coefficient (Wildman–Crippen LogP) is 3.47. The second-order valence-electron chi connectivity index (χ2n) is 5.53. The molecule has 0 aliphatic heterocycles. The molecule has 1 rings (SSSR count). The van der Waals surface area contributed by atoms with Gasteiger partial charge in [0.15, 0.2) is 0 Å². The molecule has 3 nitrogen and oxygen atoms in total. The summed E-state index contributed by atoms with van der Waals surface area (Å²) in [5, 5.41) is 13.3. The van der Waals surface area contributed by atoms with Crippen LogP contribution in [0.25, 0.3) is 0 Å². The van der Waals surface area contributed by atoms with Crippen molar-refractivity contribution in [3.8, 4) is 5.75 Å². The van der Waals surface area contributed by atoms with Gasteiger partial charge in [0.1, 0.15) is 5.75 Å². The van der Waals surface area contributed by atoms with Crippen LogP contribution in [0.3, 0.4) is 0 Å². The highest BCUT2D eigenvalue weighted by atomic mass is 32.2. The van der Waals surface area contributed by atoms with Crippen molar-refractivity contribution in [1.29, 1.82) is 0 Å². The molecule has 2 N–H and O–H groups in total. The first kappa shape index (κ1) is 17.3. The van der Waals surface area contributed by atoms with Crippen LogP contribution in [0.5, 0.6) is 5.75 Å². The molecule has 0 aromatic heterocycles. The van der Waals surface area contributed by atoms with E-state index in [9.17, 15) is 5.11 Å². The van der Waals surface area contributed by atoms with Crippen LogP contribution in [-0.2, 0) is 0 Å². The van der Waals surface area contributed by atoms with Crippen LogP contribution in [0.1, 0.15) is 38.8 Å². The topological polar surface area (TPSA) is 41.5 Å². The van der Waals surface area contributed by atoms with E-state index in [-0.39, 0.29) is 12.1 Å². The van der Waals surface area contributed by atoms with Crippen LogP contribution in [-0.4, -0.2) is 31.1 Å². The minimum atomic E-state index is -0.287. The summed E-state index contributed by atoms with van der Waals surface area (Å²) in [5.74, 6) is 1.43. The molecule has 4 heteroatoms. The number of thioether (sulfide) groups is 1. The fourth-order valence-electron chi connectivity index (χ4n) is 2.18. The second kappa shape index (κ2) is 8.55. The molecule has 0 saturated heterocycles. The highest BCUT2D eigenvalue weighted by molar-refractivity contribution is 7.98. The highest BCUT2D eigenvalue weighted by Gasteiger charge is 2.12. The van der Waals surface area contributed by atoms with E-state index in [0.29, 0.717) is 12.5 Å². The zero-order valence-electron chi connectivity index (χ0n) is 13.1. The molecule has 2 unspecified atom stereocenters. The summed E-state index contributed by atoms with van der Waals surface area (Å²) < 4.78 is 5.41. The number of benzene rings is 1. The molecule has 1 aromatic rings. The van der Waals surface area contributed by atoms with Crippen LogP contribution in [0.4, 0.5) is 0 Å². The number of rotatable bonds is 8. The quantitative estimate of drug-likeness (QED) is 0.721. The molecule has 0 heterocycles. The number of aliphatic hydroxyl groups excluding tert-OH is 1. The molecule has 0 amide bonds. The third-order valence-electron chi connectivity index (χ3n) is 3.31. The molecule has 0 aliphatic rings. The third kappa shape index (κ3) is 5.35. The molecular weight excluding hydrogens is 270 g/mol. The Balaban J connectivity index is 2.61. The Labute approximate surface area is 127 Å². The van der Waals surface area contributed by atoms with E-state index >= 15 is 0 Å². The van der Waals surface area contributed by atoms with Gasteiger partial charge in [0.05, 0.1) is 13.2 Å². The van der Waals surface area contributed by atoms with E-state index in [1.54, 1.807) is 18.9 Å². The van der Waals surface area contributed by atoms with Gasteiger partial charge in [0.25, 0.3) is 0 Å². The molecule has 0 fully saturated rings. The highest BCUT2D eigenvalue weighted by Crippen LogP contribution is 2.30. The Hall–Kier alpha value is -0.710. The lowest BCUT2D eigenvalue weighted by Gasteiger charge is -2.19. The lowest BCUT2D eigenvalue weighted by Crippen LogP contribution is -2.30. The number of ether oxygens (including phenoxy) is 1. The minimum Gasteiger partial charge on any atom is -0.496 e. The number of aliphatic hydroxyl groups is 1. The van der Waals surface area contributed by atoms with E-state index in [0.717, 1.165) is 17.1 Å². The maximum Gasteiger partial charge on any atom is 0.132 e. The summed E-state index contributed by atoms with van der Waals surface area (Å²) in [5.41, 5.74) is 1.18. The van der Waals surface area contributed by atoms with Gasteiger partial charge in [-0.1, -0.05) is 19.9 Å². The molecule has 0 aliphatic carbocycles. The number of nitrogens with one attached hydrogen (secondary N) is 1. The third-order valence-corrected chi connectivity index (χ3v) is 4.09. The number of hydrogen-bond acceptors (Lipinski definition) is 4. The molecule has 1 aromatic carbocycles. The molecule has 0 bridgehead atoms. The van der Waals surface area contributed by atoms with Gasteiger partial charge in [-0.2, -0.15) is 0 Å². The maximum atomic E-state index is 9.91. The smallest absolute Gasteiger partial charge is 0.132 e. The average Bonchev–Trinajstić information content (AvgIpc) is 2.43. The SMILES string of the molecule is COc1cc(C(C)NCC(O)CC(C)C)ccc1SC. The van der Waals surface area contributed by atoms with Gasteiger partial charge in [-0.15, -0.1) is 11.8 Å². The minimum absolute atomic E-state index is 0.196. The van der Waals surface area contributed by atoms with E-state index in [4.69, 9.17) is 4.74 Å². The zero-order chi connectivity index (χ0) is 15.1. The van der Waals surface area contributed by atoms with Gasteiger partial charge in [-0.05, 0) is 43.2 Å². The van der Waals surface area contributed by atoms with Crippen molar-refractivity contribution in [2.45, 2.75) is 44.2 Å². The van der Waals surface area contributed by atoms with Crippen LogP contribution < -0.4 is 10.1 Å². The maximum absolute atomic E-state index is 9.91. The van der Waals surface area contributed by atoms with E-state index < -0.39 is 0 Å². The zero-order valence-corrected chi connectivity index (χ0v) is 14.0. The van der Waals surface area contributed by atoms with Gasteiger partial charge in [0, 0.05) is 17.5 Å². The van der Waals surface area contributed by atoms with Crippen molar-refractivity contribution < 1.29 is 9.84 Å². The van der Waals surface area contributed by atoms with Crippen molar-refractivity contribution in [3.05, 3.63) is 23.8 Å². The Morgan fingerprint density at radius 2 is 2.00 bits per heavy atom. The molecule has 0 spiro atoms. The summed E-state index contributed by atoms with van der Waals surface area (Å²) in [7, 11) is 1.70. The summed E-state index contributed by atoms with van der Waals surface area (Å²) in [6.45, 7) is 6.97. The van der Waals surface area contributed by atoms with Crippen LogP contribution in [0.15, 0.2) is 23.1 Å². The van der Waals surface area contributed by atoms with Crippen LogP contribution >= 0.6 is 11.8 Å². The first-order valence-corrected chi connectivity index (χ1v) is 8.33.